The lowest BCUT2D eigenvalue weighted by Crippen LogP contribution is -2.30. The number of aromatic nitrogens is 3. The number of nitrogen functional groups attached to an aromatic ring is 1. The highest BCUT2D eigenvalue weighted by Gasteiger charge is 2.19. The summed E-state index contributed by atoms with van der Waals surface area (Å²) in [6.07, 6.45) is 1.72. The summed E-state index contributed by atoms with van der Waals surface area (Å²) in [5.74, 6) is -0.795. The molecule has 4 rings (SSSR count). The van der Waals surface area contributed by atoms with Gasteiger partial charge >= 0.3 is 0 Å². The van der Waals surface area contributed by atoms with Crippen molar-refractivity contribution in [3.8, 4) is 11.1 Å². The summed E-state index contributed by atoms with van der Waals surface area (Å²) in [5, 5.41) is 11.8. The number of pyridine rings is 1. The first-order chi connectivity index (χ1) is 15.7. The summed E-state index contributed by atoms with van der Waals surface area (Å²) in [4.78, 5) is 30.2. The molecule has 8 nitrogen and oxygen atoms in total. The molecule has 2 amide bonds. The molecule has 4 N–H and O–H groups in total. The number of carbonyl (C=O) groups is 2. The van der Waals surface area contributed by atoms with E-state index in [0.717, 1.165) is 11.1 Å². The molecular formula is C23H23FN6O2S. The van der Waals surface area contributed by atoms with Crippen molar-refractivity contribution in [3.05, 3.63) is 69.8 Å². The van der Waals surface area contributed by atoms with Crippen molar-refractivity contribution in [1.29, 1.82) is 0 Å². The Morgan fingerprint density at radius 2 is 1.79 bits per heavy atom. The first kappa shape index (κ1) is 22.4. The molecule has 4 aromatic rings. The van der Waals surface area contributed by atoms with Crippen molar-refractivity contribution in [2.45, 2.75) is 32.9 Å². The summed E-state index contributed by atoms with van der Waals surface area (Å²) in [6, 6.07) is 9.13. The minimum absolute atomic E-state index is 0.0546. The van der Waals surface area contributed by atoms with Crippen LogP contribution in [0.4, 0.5) is 10.3 Å². The van der Waals surface area contributed by atoms with Gasteiger partial charge < -0.3 is 16.4 Å². The predicted molar refractivity (Wildman–Crippen MR) is 126 cm³/mol. The van der Waals surface area contributed by atoms with Gasteiger partial charge in [0.2, 0.25) is 5.95 Å². The molecule has 0 radical (unpaired) electrons. The topological polar surface area (TPSA) is 114 Å². The van der Waals surface area contributed by atoms with E-state index in [4.69, 9.17) is 5.73 Å². The number of nitrogens with zero attached hydrogens (tertiary/aromatic N) is 3. The zero-order valence-electron chi connectivity index (χ0n) is 18.3. The Morgan fingerprint density at radius 3 is 2.48 bits per heavy atom. The van der Waals surface area contributed by atoms with Gasteiger partial charge in [-0.25, -0.2) is 8.91 Å². The van der Waals surface area contributed by atoms with Crippen LogP contribution in [0, 0.1) is 5.82 Å². The molecule has 0 saturated heterocycles. The minimum atomic E-state index is -0.326. The van der Waals surface area contributed by atoms with E-state index in [-0.39, 0.29) is 35.7 Å². The van der Waals surface area contributed by atoms with Gasteiger partial charge in [-0.1, -0.05) is 12.1 Å². The largest absolute Gasteiger partial charge is 0.366 e. The average molecular weight is 467 g/mol. The van der Waals surface area contributed by atoms with E-state index in [2.05, 4.69) is 20.7 Å². The molecule has 170 valence electrons. The molecule has 33 heavy (non-hydrogen) atoms. The molecule has 0 aliphatic carbocycles. The van der Waals surface area contributed by atoms with Crippen molar-refractivity contribution in [2.75, 3.05) is 5.73 Å². The second-order valence-corrected chi connectivity index (χ2v) is 8.87. The number of rotatable bonds is 6. The summed E-state index contributed by atoms with van der Waals surface area (Å²) in [7, 11) is 0. The zero-order chi connectivity index (χ0) is 23.7. The van der Waals surface area contributed by atoms with E-state index in [1.807, 2.05) is 26.2 Å². The molecule has 0 aliphatic rings. The summed E-state index contributed by atoms with van der Waals surface area (Å²) in [5.41, 5.74) is 8.71. The Kier molecular flexibility index (Phi) is 6.10. The van der Waals surface area contributed by atoms with Crippen LogP contribution in [-0.4, -0.2) is 32.5 Å². The highest BCUT2D eigenvalue weighted by atomic mass is 32.1. The Hall–Kier alpha value is -3.79. The van der Waals surface area contributed by atoms with Crippen LogP contribution in [0.3, 0.4) is 0 Å². The number of hydrogen-bond acceptors (Lipinski definition) is 6. The van der Waals surface area contributed by atoms with Gasteiger partial charge in [-0.15, -0.1) is 16.4 Å². The van der Waals surface area contributed by atoms with E-state index in [1.165, 1.54) is 28.0 Å². The number of nitrogens with one attached hydrogen (secondary N) is 2. The third kappa shape index (κ3) is 4.85. The molecule has 0 aliphatic heterocycles. The van der Waals surface area contributed by atoms with Crippen molar-refractivity contribution in [1.82, 2.24) is 25.2 Å². The maximum absolute atomic E-state index is 13.2. The normalized spacial score (nSPS) is 12.2. The SMILES string of the molecule is CC(C)NC(=O)c1cc(-c2csc(C(=O)N[C@@H](C)c3ccc(F)cc3)c2)cn2nc(N)nc12. The van der Waals surface area contributed by atoms with Gasteiger partial charge in [-0.2, -0.15) is 4.98 Å². The number of carbonyl (C=O) groups excluding carboxylic acids is 2. The Bertz CT molecular complexity index is 1330. The third-order valence-corrected chi connectivity index (χ3v) is 5.92. The fourth-order valence-electron chi connectivity index (χ4n) is 3.38. The number of thiophene rings is 1. The monoisotopic (exact) mass is 466 g/mol. The minimum Gasteiger partial charge on any atom is -0.366 e. The Labute approximate surface area is 193 Å². The van der Waals surface area contributed by atoms with E-state index < -0.39 is 0 Å². The maximum Gasteiger partial charge on any atom is 0.261 e. The Balaban J connectivity index is 1.61. The predicted octanol–water partition coefficient (Wildman–Crippen LogP) is 3.81. The van der Waals surface area contributed by atoms with Gasteiger partial charge in [0.1, 0.15) is 5.82 Å². The van der Waals surface area contributed by atoms with Crippen LogP contribution in [-0.2, 0) is 0 Å². The van der Waals surface area contributed by atoms with Crippen LogP contribution in [0.15, 0.2) is 48.0 Å². The van der Waals surface area contributed by atoms with Crippen molar-refractivity contribution in [2.24, 2.45) is 0 Å². The van der Waals surface area contributed by atoms with Gasteiger partial charge in [0.25, 0.3) is 11.8 Å². The molecule has 0 bridgehead atoms. The average Bonchev–Trinajstić information content (AvgIpc) is 3.39. The van der Waals surface area contributed by atoms with E-state index >= 15 is 0 Å². The van der Waals surface area contributed by atoms with Gasteiger partial charge in [-0.05, 0) is 61.5 Å². The molecule has 0 fully saturated rings. The number of nitrogens with two attached hydrogens (primary N) is 1. The number of anilines is 1. The second-order valence-electron chi connectivity index (χ2n) is 7.96. The zero-order valence-corrected chi connectivity index (χ0v) is 19.1. The standard InChI is InChI=1S/C23H23FN6O2S/c1-12(2)26-21(31)18-8-15(10-30-20(18)28-23(25)29-30)16-9-19(33-11-16)22(32)27-13(3)14-4-6-17(24)7-5-14/h4-13H,1-3H3,(H2,25,29)(H,26,31)(H,27,32)/t13-/m0/s1. The van der Waals surface area contributed by atoms with E-state index in [9.17, 15) is 14.0 Å². The van der Waals surface area contributed by atoms with Crippen molar-refractivity contribution >= 4 is 34.7 Å². The molecule has 0 unspecified atom stereocenters. The number of fused-ring (bicyclic) bond motifs is 1. The van der Waals surface area contributed by atoms with Crippen LogP contribution in [0.5, 0.6) is 0 Å². The van der Waals surface area contributed by atoms with Crippen LogP contribution in [0.1, 0.15) is 52.4 Å². The molecule has 1 aromatic carbocycles. The second kappa shape index (κ2) is 8.99. The fourth-order valence-corrected chi connectivity index (χ4v) is 4.20. The first-order valence-corrected chi connectivity index (χ1v) is 11.2. The first-order valence-electron chi connectivity index (χ1n) is 10.3. The molecule has 3 heterocycles. The van der Waals surface area contributed by atoms with Gasteiger partial charge in [-0.3, -0.25) is 9.59 Å². The van der Waals surface area contributed by atoms with Crippen molar-refractivity contribution < 1.29 is 14.0 Å². The van der Waals surface area contributed by atoms with Crippen LogP contribution < -0.4 is 16.4 Å². The maximum atomic E-state index is 13.2. The summed E-state index contributed by atoms with van der Waals surface area (Å²) >= 11 is 1.29. The van der Waals surface area contributed by atoms with Crippen LogP contribution in [0.2, 0.25) is 0 Å². The van der Waals surface area contributed by atoms with Crippen LogP contribution in [0.25, 0.3) is 16.8 Å². The van der Waals surface area contributed by atoms with E-state index in [0.29, 0.717) is 21.7 Å². The number of hydrogen-bond donors (Lipinski definition) is 3. The lowest BCUT2D eigenvalue weighted by molar-refractivity contribution is 0.0935. The lowest BCUT2D eigenvalue weighted by Gasteiger charge is -2.13. The summed E-state index contributed by atoms with van der Waals surface area (Å²) in [6.45, 7) is 5.57. The Morgan fingerprint density at radius 1 is 1.06 bits per heavy atom. The number of amides is 2. The molecule has 0 saturated carbocycles. The van der Waals surface area contributed by atoms with Gasteiger partial charge in [0.05, 0.1) is 16.5 Å². The number of benzene rings is 1. The molecule has 0 spiro atoms. The van der Waals surface area contributed by atoms with Gasteiger partial charge in [0, 0.05) is 17.8 Å². The smallest absolute Gasteiger partial charge is 0.261 e. The molecule has 3 aromatic heterocycles. The third-order valence-electron chi connectivity index (χ3n) is 4.99. The molecule has 1 atom stereocenters. The fraction of sp³-hybridized carbons (Fsp3) is 0.217. The van der Waals surface area contributed by atoms with E-state index in [1.54, 1.807) is 30.5 Å². The van der Waals surface area contributed by atoms with Gasteiger partial charge in [0.15, 0.2) is 5.65 Å². The lowest BCUT2D eigenvalue weighted by atomic mass is 10.1. The highest BCUT2D eigenvalue weighted by Crippen LogP contribution is 2.28. The summed E-state index contributed by atoms with van der Waals surface area (Å²) < 4.78 is 14.6. The van der Waals surface area contributed by atoms with Crippen LogP contribution >= 0.6 is 11.3 Å². The molecule has 10 heteroatoms. The quantitative estimate of drug-likeness (QED) is 0.400. The highest BCUT2D eigenvalue weighted by molar-refractivity contribution is 7.12. The number of halogens is 1. The molecular weight excluding hydrogens is 443 g/mol. The van der Waals surface area contributed by atoms with Crippen molar-refractivity contribution in [3.63, 3.8) is 0 Å².